The number of aromatic nitrogens is 1. The summed E-state index contributed by atoms with van der Waals surface area (Å²) in [7, 11) is 1.90. The second kappa shape index (κ2) is 3.32. The zero-order valence-electron chi connectivity index (χ0n) is 7.26. The second-order valence-electron chi connectivity index (χ2n) is 2.88. The maximum atomic E-state index is 11.0. The van der Waals surface area contributed by atoms with Crippen molar-refractivity contribution in [3.8, 4) is 0 Å². The summed E-state index contributed by atoms with van der Waals surface area (Å²) in [6.45, 7) is 0.827. The van der Waals surface area contributed by atoms with Crippen molar-refractivity contribution in [2.75, 3.05) is 7.05 Å². The maximum Gasteiger partial charge on any atom is 0.305 e. The molecule has 68 valence electrons. The van der Waals surface area contributed by atoms with Gasteiger partial charge in [0.25, 0.3) is 0 Å². The minimum absolute atomic E-state index is 0.0107. The molecule has 0 amide bonds. The molecule has 13 heavy (non-hydrogen) atoms. The number of thiazole rings is 1. The van der Waals surface area contributed by atoms with Gasteiger partial charge in [-0.15, -0.1) is 0 Å². The van der Waals surface area contributed by atoms with Crippen LogP contribution in [0, 0.1) is 0 Å². The first-order chi connectivity index (χ1) is 6.29. The fraction of sp³-hybridized carbons (Fsp3) is 0.222. The van der Waals surface area contributed by atoms with Gasteiger partial charge in [0.1, 0.15) is 0 Å². The van der Waals surface area contributed by atoms with E-state index in [4.69, 9.17) is 0 Å². The Bertz CT molecular complexity index is 472. The molecular formula is C9H10N2OS. The Labute approximate surface area is 79.4 Å². The molecule has 0 bridgehead atoms. The van der Waals surface area contributed by atoms with Crippen LogP contribution < -0.4 is 10.2 Å². The van der Waals surface area contributed by atoms with Crippen LogP contribution in [0.3, 0.4) is 0 Å². The van der Waals surface area contributed by atoms with Crippen LogP contribution in [-0.2, 0) is 6.54 Å². The predicted octanol–water partition coefficient (Wildman–Crippen LogP) is 1.31. The smallest absolute Gasteiger partial charge is 0.305 e. The van der Waals surface area contributed by atoms with E-state index in [1.807, 2.05) is 25.2 Å². The van der Waals surface area contributed by atoms with E-state index in [0.29, 0.717) is 0 Å². The van der Waals surface area contributed by atoms with Gasteiger partial charge in [0.2, 0.25) is 0 Å². The van der Waals surface area contributed by atoms with Crippen LogP contribution in [0.25, 0.3) is 10.2 Å². The molecule has 1 aromatic carbocycles. The molecule has 1 heterocycles. The van der Waals surface area contributed by atoms with Gasteiger partial charge in [0.05, 0.1) is 10.2 Å². The summed E-state index contributed by atoms with van der Waals surface area (Å²) in [5.74, 6) is 0. The van der Waals surface area contributed by atoms with Gasteiger partial charge in [-0.1, -0.05) is 17.4 Å². The van der Waals surface area contributed by atoms with Crippen LogP contribution in [0.1, 0.15) is 5.56 Å². The normalized spacial score (nSPS) is 10.8. The molecule has 0 aliphatic heterocycles. The molecule has 0 fully saturated rings. The van der Waals surface area contributed by atoms with Crippen molar-refractivity contribution < 1.29 is 0 Å². The molecular weight excluding hydrogens is 184 g/mol. The van der Waals surface area contributed by atoms with Gasteiger partial charge in [-0.25, -0.2) is 0 Å². The Kier molecular flexibility index (Phi) is 2.16. The SMILES string of the molecule is CNCc1ccc2sc(=O)[nH]c2c1. The first-order valence-electron chi connectivity index (χ1n) is 4.06. The highest BCUT2D eigenvalue weighted by Crippen LogP contribution is 2.15. The lowest BCUT2D eigenvalue weighted by Gasteiger charge is -1.98. The first kappa shape index (κ1) is 8.47. The Hall–Kier alpha value is -1.13. The lowest BCUT2D eigenvalue weighted by Crippen LogP contribution is -2.04. The van der Waals surface area contributed by atoms with Crippen LogP contribution in [0.2, 0.25) is 0 Å². The molecule has 0 spiro atoms. The molecule has 3 nitrogen and oxygen atoms in total. The van der Waals surface area contributed by atoms with E-state index in [0.717, 1.165) is 16.8 Å². The molecule has 0 saturated heterocycles. The average molecular weight is 194 g/mol. The van der Waals surface area contributed by atoms with Crippen molar-refractivity contribution in [2.45, 2.75) is 6.54 Å². The van der Waals surface area contributed by atoms with Gasteiger partial charge < -0.3 is 10.3 Å². The number of hydrogen-bond donors (Lipinski definition) is 2. The van der Waals surface area contributed by atoms with Crippen LogP contribution in [-0.4, -0.2) is 12.0 Å². The van der Waals surface area contributed by atoms with Crippen molar-refractivity contribution in [3.05, 3.63) is 33.4 Å². The molecule has 2 rings (SSSR count). The Balaban J connectivity index is 2.54. The summed E-state index contributed by atoms with van der Waals surface area (Å²) < 4.78 is 1.02. The summed E-state index contributed by atoms with van der Waals surface area (Å²) in [5.41, 5.74) is 2.12. The average Bonchev–Trinajstić information content (AvgIpc) is 2.44. The molecule has 0 unspecified atom stereocenters. The largest absolute Gasteiger partial charge is 0.316 e. The first-order valence-corrected chi connectivity index (χ1v) is 4.87. The highest BCUT2D eigenvalue weighted by Gasteiger charge is 1.99. The number of nitrogens with one attached hydrogen (secondary N) is 2. The van der Waals surface area contributed by atoms with Crippen LogP contribution in [0.4, 0.5) is 0 Å². The minimum Gasteiger partial charge on any atom is -0.316 e. The topological polar surface area (TPSA) is 44.9 Å². The van der Waals surface area contributed by atoms with Crippen LogP contribution >= 0.6 is 11.3 Å². The third-order valence-corrected chi connectivity index (χ3v) is 2.73. The number of fused-ring (bicyclic) bond motifs is 1. The number of rotatable bonds is 2. The summed E-state index contributed by atoms with van der Waals surface area (Å²) in [6.07, 6.45) is 0. The van der Waals surface area contributed by atoms with E-state index in [2.05, 4.69) is 10.3 Å². The molecule has 1 aromatic heterocycles. The van der Waals surface area contributed by atoms with E-state index in [-0.39, 0.29) is 4.87 Å². The standard InChI is InChI=1S/C9H10N2OS/c1-10-5-6-2-3-8-7(4-6)11-9(12)13-8/h2-4,10H,5H2,1H3,(H,11,12). The quantitative estimate of drug-likeness (QED) is 0.757. The van der Waals surface area contributed by atoms with Gasteiger partial charge in [0, 0.05) is 6.54 Å². The van der Waals surface area contributed by atoms with Crippen molar-refractivity contribution in [3.63, 3.8) is 0 Å². The highest BCUT2D eigenvalue weighted by atomic mass is 32.1. The minimum atomic E-state index is 0.0107. The molecule has 0 aliphatic rings. The van der Waals surface area contributed by atoms with E-state index in [1.165, 1.54) is 16.9 Å². The molecule has 0 aliphatic carbocycles. The fourth-order valence-corrected chi connectivity index (χ4v) is 2.03. The molecule has 0 atom stereocenters. The van der Waals surface area contributed by atoms with Gasteiger partial charge >= 0.3 is 4.87 Å². The third-order valence-electron chi connectivity index (χ3n) is 1.86. The lowest BCUT2D eigenvalue weighted by molar-refractivity contribution is 0.819. The Morgan fingerprint density at radius 2 is 2.38 bits per heavy atom. The van der Waals surface area contributed by atoms with E-state index in [1.54, 1.807) is 0 Å². The number of benzene rings is 1. The number of H-pyrrole nitrogens is 1. The number of aromatic amines is 1. The van der Waals surface area contributed by atoms with Crippen molar-refractivity contribution in [2.24, 2.45) is 0 Å². The van der Waals surface area contributed by atoms with Gasteiger partial charge in [-0.3, -0.25) is 4.79 Å². The summed E-state index contributed by atoms with van der Waals surface area (Å²) in [4.78, 5) is 13.8. The summed E-state index contributed by atoms with van der Waals surface area (Å²) in [5, 5.41) is 3.07. The molecule has 2 aromatic rings. The van der Waals surface area contributed by atoms with Crippen molar-refractivity contribution in [1.29, 1.82) is 0 Å². The molecule has 4 heteroatoms. The van der Waals surface area contributed by atoms with Crippen LogP contribution in [0.15, 0.2) is 23.0 Å². The van der Waals surface area contributed by atoms with E-state index in [9.17, 15) is 4.79 Å². The fourth-order valence-electron chi connectivity index (χ4n) is 1.31. The van der Waals surface area contributed by atoms with Crippen LogP contribution in [0.5, 0.6) is 0 Å². The third kappa shape index (κ3) is 1.64. The second-order valence-corrected chi connectivity index (χ2v) is 3.89. The van der Waals surface area contributed by atoms with E-state index >= 15 is 0 Å². The van der Waals surface area contributed by atoms with Crippen molar-refractivity contribution in [1.82, 2.24) is 10.3 Å². The van der Waals surface area contributed by atoms with Crippen molar-refractivity contribution >= 4 is 21.6 Å². The van der Waals surface area contributed by atoms with Gasteiger partial charge in [-0.2, -0.15) is 0 Å². The number of hydrogen-bond acceptors (Lipinski definition) is 3. The molecule has 0 radical (unpaired) electrons. The lowest BCUT2D eigenvalue weighted by atomic mass is 10.2. The zero-order chi connectivity index (χ0) is 9.26. The molecule has 0 saturated carbocycles. The van der Waals surface area contributed by atoms with Gasteiger partial charge in [0.15, 0.2) is 0 Å². The monoisotopic (exact) mass is 194 g/mol. The zero-order valence-corrected chi connectivity index (χ0v) is 8.07. The predicted molar refractivity (Wildman–Crippen MR) is 55.2 cm³/mol. The molecule has 2 N–H and O–H groups in total. The van der Waals surface area contributed by atoms with Gasteiger partial charge in [-0.05, 0) is 24.7 Å². The van der Waals surface area contributed by atoms with E-state index < -0.39 is 0 Å². The summed E-state index contributed by atoms with van der Waals surface area (Å²) in [6, 6.07) is 6.01. The Morgan fingerprint density at radius 1 is 1.54 bits per heavy atom. The maximum absolute atomic E-state index is 11.0. The highest BCUT2D eigenvalue weighted by molar-refractivity contribution is 7.16. The Morgan fingerprint density at radius 3 is 3.15 bits per heavy atom. The summed E-state index contributed by atoms with van der Waals surface area (Å²) >= 11 is 1.25.